The first kappa shape index (κ1) is 18.0. The van der Waals surface area contributed by atoms with Crippen LogP contribution in [0.2, 0.25) is 0 Å². The Morgan fingerprint density at radius 3 is 2.23 bits per heavy atom. The third-order valence-electron chi connectivity index (χ3n) is 3.51. The van der Waals surface area contributed by atoms with Crippen LogP contribution in [0.25, 0.3) is 0 Å². The molecule has 0 saturated carbocycles. The molecule has 1 rings (SSSR count). The summed E-state index contributed by atoms with van der Waals surface area (Å²) in [5.74, 6) is -0.365. The molecule has 1 aliphatic heterocycles. The van der Waals surface area contributed by atoms with Crippen LogP contribution in [-0.4, -0.2) is 78.5 Å². The lowest BCUT2D eigenvalue weighted by Gasteiger charge is -2.35. The normalized spacial score (nSPS) is 14.5. The van der Waals surface area contributed by atoms with Gasteiger partial charge in [-0.2, -0.15) is 0 Å². The molecular formula is C15H25N3O4. The zero-order chi connectivity index (χ0) is 16.5. The monoisotopic (exact) mass is 311 g/mol. The predicted octanol–water partition coefficient (Wildman–Crippen LogP) is 0.712. The smallest absolute Gasteiger partial charge is 0.409 e. The van der Waals surface area contributed by atoms with Gasteiger partial charge in [-0.1, -0.05) is 13.5 Å². The van der Waals surface area contributed by atoms with Crippen molar-refractivity contribution >= 4 is 17.9 Å². The fraction of sp³-hybridized carbons (Fsp3) is 0.667. The van der Waals surface area contributed by atoms with E-state index in [1.165, 1.54) is 11.0 Å². The molecular weight excluding hydrogens is 286 g/mol. The second kappa shape index (κ2) is 9.07. The van der Waals surface area contributed by atoms with Crippen LogP contribution in [0.15, 0.2) is 12.7 Å². The summed E-state index contributed by atoms with van der Waals surface area (Å²) in [5.41, 5.74) is 0. The number of ether oxygens (including phenoxy) is 1. The molecule has 0 aromatic rings. The third-order valence-corrected chi connectivity index (χ3v) is 3.51. The zero-order valence-electron chi connectivity index (χ0n) is 13.4. The van der Waals surface area contributed by atoms with E-state index in [1.807, 2.05) is 13.8 Å². The van der Waals surface area contributed by atoms with Gasteiger partial charge < -0.3 is 19.4 Å². The Bertz CT molecular complexity index is 417. The maximum atomic E-state index is 12.2. The predicted molar refractivity (Wildman–Crippen MR) is 82.2 cm³/mol. The molecule has 0 aromatic carbocycles. The van der Waals surface area contributed by atoms with Crippen molar-refractivity contribution in [3.63, 3.8) is 0 Å². The van der Waals surface area contributed by atoms with E-state index < -0.39 is 0 Å². The Kier molecular flexibility index (Phi) is 7.42. The number of rotatable bonds is 6. The van der Waals surface area contributed by atoms with Crippen LogP contribution in [0, 0.1) is 0 Å². The lowest BCUT2D eigenvalue weighted by atomic mass is 10.3. The summed E-state index contributed by atoms with van der Waals surface area (Å²) in [6.45, 7) is 9.92. The van der Waals surface area contributed by atoms with E-state index in [4.69, 9.17) is 4.74 Å². The second-order valence-electron chi connectivity index (χ2n) is 5.04. The first-order valence-electron chi connectivity index (χ1n) is 7.64. The van der Waals surface area contributed by atoms with Crippen LogP contribution in [0.3, 0.4) is 0 Å². The number of nitrogens with zero attached hydrogens (tertiary/aromatic N) is 3. The SMILES string of the molecule is C=CC(=O)N(CC)CC(=O)N1CCN(C(=O)OCCC)CC1. The fourth-order valence-electron chi connectivity index (χ4n) is 2.16. The highest BCUT2D eigenvalue weighted by atomic mass is 16.6. The van der Waals surface area contributed by atoms with Gasteiger partial charge in [0, 0.05) is 32.7 Å². The van der Waals surface area contributed by atoms with Crippen LogP contribution < -0.4 is 0 Å². The van der Waals surface area contributed by atoms with Gasteiger partial charge in [0.05, 0.1) is 13.2 Å². The van der Waals surface area contributed by atoms with Gasteiger partial charge in [-0.05, 0) is 19.4 Å². The first-order valence-corrected chi connectivity index (χ1v) is 7.64. The number of carbonyl (C=O) groups is 3. The minimum atomic E-state index is -0.328. The third kappa shape index (κ3) is 5.05. The average molecular weight is 311 g/mol. The molecule has 0 bridgehead atoms. The van der Waals surface area contributed by atoms with Gasteiger partial charge >= 0.3 is 6.09 Å². The van der Waals surface area contributed by atoms with Crippen molar-refractivity contribution in [2.45, 2.75) is 20.3 Å². The van der Waals surface area contributed by atoms with Crippen LogP contribution in [0.1, 0.15) is 20.3 Å². The van der Waals surface area contributed by atoms with Gasteiger partial charge in [0.15, 0.2) is 0 Å². The Morgan fingerprint density at radius 2 is 1.73 bits per heavy atom. The van der Waals surface area contributed by atoms with Crippen molar-refractivity contribution in [1.82, 2.24) is 14.7 Å². The van der Waals surface area contributed by atoms with Crippen molar-refractivity contribution < 1.29 is 19.1 Å². The number of carbonyl (C=O) groups excluding carboxylic acids is 3. The number of amides is 3. The summed E-state index contributed by atoms with van der Waals surface area (Å²) in [4.78, 5) is 40.2. The maximum Gasteiger partial charge on any atom is 0.409 e. The van der Waals surface area contributed by atoms with E-state index >= 15 is 0 Å². The van der Waals surface area contributed by atoms with E-state index in [1.54, 1.807) is 9.80 Å². The van der Waals surface area contributed by atoms with Crippen LogP contribution in [0.5, 0.6) is 0 Å². The van der Waals surface area contributed by atoms with E-state index in [0.717, 1.165) is 6.42 Å². The lowest BCUT2D eigenvalue weighted by molar-refractivity contribution is -0.139. The molecule has 124 valence electrons. The highest BCUT2D eigenvalue weighted by Crippen LogP contribution is 2.05. The fourth-order valence-corrected chi connectivity index (χ4v) is 2.16. The first-order chi connectivity index (χ1) is 10.5. The summed E-state index contributed by atoms with van der Waals surface area (Å²) in [7, 11) is 0. The molecule has 0 N–H and O–H groups in total. The Labute approximate surface area is 131 Å². The summed E-state index contributed by atoms with van der Waals surface area (Å²) in [6.07, 6.45) is 1.67. The van der Waals surface area contributed by atoms with Crippen molar-refractivity contribution in [2.24, 2.45) is 0 Å². The average Bonchev–Trinajstić information content (AvgIpc) is 2.56. The molecule has 0 radical (unpaired) electrons. The number of hydrogen-bond donors (Lipinski definition) is 0. The molecule has 1 fully saturated rings. The van der Waals surface area contributed by atoms with E-state index in [2.05, 4.69) is 6.58 Å². The number of likely N-dealkylation sites (N-methyl/N-ethyl adjacent to an activating group) is 1. The van der Waals surface area contributed by atoms with Gasteiger partial charge in [-0.25, -0.2) is 4.79 Å². The molecule has 3 amide bonds. The molecule has 0 unspecified atom stereocenters. The van der Waals surface area contributed by atoms with E-state index in [-0.39, 0.29) is 24.5 Å². The molecule has 1 saturated heterocycles. The minimum Gasteiger partial charge on any atom is -0.449 e. The number of hydrogen-bond acceptors (Lipinski definition) is 4. The molecule has 0 aromatic heterocycles. The van der Waals surface area contributed by atoms with Gasteiger partial charge in [0.1, 0.15) is 0 Å². The highest BCUT2D eigenvalue weighted by Gasteiger charge is 2.26. The Morgan fingerprint density at radius 1 is 1.14 bits per heavy atom. The molecule has 0 spiro atoms. The lowest BCUT2D eigenvalue weighted by Crippen LogP contribution is -2.53. The maximum absolute atomic E-state index is 12.2. The summed E-state index contributed by atoms with van der Waals surface area (Å²) < 4.78 is 5.07. The highest BCUT2D eigenvalue weighted by molar-refractivity contribution is 5.90. The molecule has 22 heavy (non-hydrogen) atoms. The molecule has 7 nitrogen and oxygen atoms in total. The molecule has 7 heteroatoms. The second-order valence-corrected chi connectivity index (χ2v) is 5.04. The van der Waals surface area contributed by atoms with E-state index in [9.17, 15) is 14.4 Å². The summed E-state index contributed by atoms with van der Waals surface area (Å²) >= 11 is 0. The van der Waals surface area contributed by atoms with Crippen LogP contribution in [0.4, 0.5) is 4.79 Å². The van der Waals surface area contributed by atoms with Crippen molar-refractivity contribution in [3.8, 4) is 0 Å². The molecule has 0 atom stereocenters. The zero-order valence-corrected chi connectivity index (χ0v) is 13.4. The van der Waals surface area contributed by atoms with Crippen LogP contribution in [-0.2, 0) is 14.3 Å². The van der Waals surface area contributed by atoms with Crippen molar-refractivity contribution in [3.05, 3.63) is 12.7 Å². The van der Waals surface area contributed by atoms with Crippen LogP contribution >= 0.6 is 0 Å². The van der Waals surface area contributed by atoms with Gasteiger partial charge in [0.25, 0.3) is 0 Å². The minimum absolute atomic E-state index is 0.0433. The topological polar surface area (TPSA) is 70.2 Å². The van der Waals surface area contributed by atoms with Gasteiger partial charge in [0.2, 0.25) is 11.8 Å². The Hall–Kier alpha value is -2.05. The largest absolute Gasteiger partial charge is 0.449 e. The quantitative estimate of drug-likeness (QED) is 0.678. The van der Waals surface area contributed by atoms with Gasteiger partial charge in [-0.3, -0.25) is 9.59 Å². The molecule has 0 aliphatic carbocycles. The standard InChI is InChI=1S/C15H25N3O4/c1-4-11-22-15(21)18-9-7-17(8-10-18)14(20)12-16(6-3)13(19)5-2/h5H,2,4,6-12H2,1,3H3. The van der Waals surface area contributed by atoms with Gasteiger partial charge in [-0.15, -0.1) is 0 Å². The van der Waals surface area contributed by atoms with Crippen molar-refractivity contribution in [1.29, 1.82) is 0 Å². The molecule has 1 heterocycles. The Balaban J connectivity index is 2.43. The summed E-state index contributed by atoms with van der Waals surface area (Å²) in [6, 6.07) is 0. The van der Waals surface area contributed by atoms with E-state index in [0.29, 0.717) is 39.3 Å². The summed E-state index contributed by atoms with van der Waals surface area (Å²) in [5, 5.41) is 0. The number of piperazine rings is 1. The molecule has 1 aliphatic rings. The van der Waals surface area contributed by atoms with Crippen molar-refractivity contribution in [2.75, 3.05) is 45.9 Å².